The van der Waals surface area contributed by atoms with Gasteiger partial charge in [-0.25, -0.2) is 4.79 Å². The van der Waals surface area contributed by atoms with Gasteiger partial charge in [-0.3, -0.25) is 5.32 Å². The zero-order chi connectivity index (χ0) is 15.4. The SMILES string of the molecule is CC(NCCOc1ccccc1Cl)(C(=O)O)C(F)(F)F. The van der Waals surface area contributed by atoms with Crippen LogP contribution in [0.2, 0.25) is 5.02 Å². The lowest BCUT2D eigenvalue weighted by atomic mass is 10.0. The van der Waals surface area contributed by atoms with Gasteiger partial charge in [0.25, 0.3) is 0 Å². The summed E-state index contributed by atoms with van der Waals surface area (Å²) in [5.74, 6) is -1.68. The number of para-hydroxylation sites is 1. The predicted octanol–water partition coefficient (Wildman–Crippen LogP) is 2.71. The van der Waals surface area contributed by atoms with Crippen LogP contribution in [-0.2, 0) is 4.79 Å². The molecule has 2 N–H and O–H groups in total. The molecule has 1 aromatic carbocycles. The highest BCUT2D eigenvalue weighted by atomic mass is 35.5. The van der Waals surface area contributed by atoms with Crippen molar-refractivity contribution in [2.45, 2.75) is 18.6 Å². The molecule has 0 fully saturated rings. The van der Waals surface area contributed by atoms with Crippen molar-refractivity contribution < 1.29 is 27.8 Å². The first-order valence-corrected chi connectivity index (χ1v) is 5.99. The maximum atomic E-state index is 12.7. The molecule has 1 unspecified atom stereocenters. The van der Waals surface area contributed by atoms with Crippen molar-refractivity contribution in [3.8, 4) is 5.75 Å². The number of rotatable bonds is 6. The van der Waals surface area contributed by atoms with Crippen molar-refractivity contribution in [3.63, 3.8) is 0 Å². The summed E-state index contributed by atoms with van der Waals surface area (Å²) >= 11 is 5.80. The van der Waals surface area contributed by atoms with Crippen LogP contribution in [0.25, 0.3) is 0 Å². The van der Waals surface area contributed by atoms with Crippen molar-refractivity contribution in [2.75, 3.05) is 13.2 Å². The van der Waals surface area contributed by atoms with Gasteiger partial charge in [0, 0.05) is 6.54 Å². The lowest BCUT2D eigenvalue weighted by Crippen LogP contribution is -2.60. The highest BCUT2D eigenvalue weighted by Crippen LogP contribution is 2.30. The van der Waals surface area contributed by atoms with Crippen LogP contribution in [0.5, 0.6) is 5.75 Å². The summed E-state index contributed by atoms with van der Waals surface area (Å²) in [5.41, 5.74) is -3.02. The van der Waals surface area contributed by atoms with E-state index >= 15 is 0 Å². The summed E-state index contributed by atoms with van der Waals surface area (Å²) in [5, 5.41) is 10.9. The number of aliphatic carboxylic acids is 1. The summed E-state index contributed by atoms with van der Waals surface area (Å²) in [7, 11) is 0. The second-order valence-electron chi connectivity index (χ2n) is 4.13. The molecule has 0 amide bonds. The fourth-order valence-electron chi connectivity index (χ4n) is 1.32. The van der Waals surface area contributed by atoms with Gasteiger partial charge < -0.3 is 9.84 Å². The van der Waals surface area contributed by atoms with E-state index in [1.165, 1.54) is 0 Å². The lowest BCUT2D eigenvalue weighted by molar-refractivity contribution is -0.206. The molecule has 0 saturated carbocycles. The molecule has 0 aliphatic heterocycles. The Kier molecular flexibility index (Phi) is 5.24. The molecule has 0 aliphatic carbocycles. The fraction of sp³-hybridized carbons (Fsp3) is 0.417. The van der Waals surface area contributed by atoms with Crippen molar-refractivity contribution in [2.24, 2.45) is 0 Å². The predicted molar refractivity (Wildman–Crippen MR) is 67.0 cm³/mol. The van der Waals surface area contributed by atoms with Gasteiger partial charge in [0.05, 0.1) is 5.02 Å². The largest absolute Gasteiger partial charge is 0.491 e. The van der Waals surface area contributed by atoms with Crippen LogP contribution >= 0.6 is 11.6 Å². The lowest BCUT2D eigenvalue weighted by Gasteiger charge is -2.28. The van der Waals surface area contributed by atoms with Crippen LogP contribution in [0.3, 0.4) is 0 Å². The first-order chi connectivity index (χ1) is 9.18. The average molecular weight is 312 g/mol. The van der Waals surface area contributed by atoms with Gasteiger partial charge in [0.15, 0.2) is 0 Å². The van der Waals surface area contributed by atoms with Crippen molar-refractivity contribution in [3.05, 3.63) is 29.3 Å². The number of carboxylic acid groups (broad SMARTS) is 1. The fourth-order valence-corrected chi connectivity index (χ4v) is 1.51. The molecule has 0 spiro atoms. The molecular weight excluding hydrogens is 299 g/mol. The minimum absolute atomic E-state index is 0.150. The van der Waals surface area contributed by atoms with Crippen molar-refractivity contribution in [1.29, 1.82) is 0 Å². The summed E-state index contributed by atoms with van der Waals surface area (Å²) in [6, 6.07) is 6.47. The maximum absolute atomic E-state index is 12.7. The molecule has 1 aromatic rings. The summed E-state index contributed by atoms with van der Waals surface area (Å²) in [4.78, 5) is 10.7. The van der Waals surface area contributed by atoms with E-state index in [0.717, 1.165) is 0 Å². The quantitative estimate of drug-likeness (QED) is 0.793. The monoisotopic (exact) mass is 311 g/mol. The minimum atomic E-state index is -4.91. The van der Waals surface area contributed by atoms with Crippen LogP contribution in [0.1, 0.15) is 6.92 Å². The second kappa shape index (κ2) is 6.32. The third kappa shape index (κ3) is 3.77. The Bertz CT molecular complexity index is 481. The molecule has 0 heterocycles. The zero-order valence-electron chi connectivity index (χ0n) is 10.5. The molecule has 1 rings (SSSR count). The van der Waals surface area contributed by atoms with Gasteiger partial charge in [-0.1, -0.05) is 23.7 Å². The van der Waals surface area contributed by atoms with E-state index in [-0.39, 0.29) is 13.2 Å². The molecular formula is C12H13ClF3NO3. The Labute approximate surface area is 118 Å². The van der Waals surface area contributed by atoms with Gasteiger partial charge in [-0.2, -0.15) is 13.2 Å². The Morgan fingerprint density at radius 3 is 2.50 bits per heavy atom. The molecule has 0 radical (unpaired) electrons. The van der Waals surface area contributed by atoms with Gasteiger partial charge in [-0.05, 0) is 19.1 Å². The van der Waals surface area contributed by atoms with Gasteiger partial charge >= 0.3 is 12.1 Å². The van der Waals surface area contributed by atoms with Crippen molar-refractivity contribution in [1.82, 2.24) is 5.32 Å². The minimum Gasteiger partial charge on any atom is -0.491 e. The number of alkyl halides is 3. The Morgan fingerprint density at radius 1 is 1.40 bits per heavy atom. The summed E-state index contributed by atoms with van der Waals surface area (Å²) < 4.78 is 43.2. The molecule has 112 valence electrons. The zero-order valence-corrected chi connectivity index (χ0v) is 11.3. The van der Waals surface area contributed by atoms with E-state index in [1.54, 1.807) is 24.3 Å². The van der Waals surface area contributed by atoms with Crippen LogP contribution in [-0.4, -0.2) is 35.9 Å². The number of halogens is 4. The van der Waals surface area contributed by atoms with Crippen LogP contribution in [0, 0.1) is 0 Å². The van der Waals surface area contributed by atoms with E-state index in [0.29, 0.717) is 17.7 Å². The molecule has 4 nitrogen and oxygen atoms in total. The van der Waals surface area contributed by atoms with Gasteiger partial charge in [0.1, 0.15) is 12.4 Å². The number of benzene rings is 1. The summed E-state index contributed by atoms with van der Waals surface area (Å²) in [6.45, 7) is 0.112. The number of hydrogen-bond donors (Lipinski definition) is 2. The maximum Gasteiger partial charge on any atom is 0.417 e. The molecule has 20 heavy (non-hydrogen) atoms. The first-order valence-electron chi connectivity index (χ1n) is 5.61. The molecule has 8 heteroatoms. The van der Waals surface area contributed by atoms with Crippen LogP contribution in [0.4, 0.5) is 13.2 Å². The second-order valence-corrected chi connectivity index (χ2v) is 4.54. The smallest absolute Gasteiger partial charge is 0.417 e. The van der Waals surface area contributed by atoms with E-state index in [4.69, 9.17) is 21.4 Å². The number of nitrogens with one attached hydrogen (secondary N) is 1. The van der Waals surface area contributed by atoms with Crippen molar-refractivity contribution >= 4 is 17.6 Å². The highest BCUT2D eigenvalue weighted by Gasteiger charge is 2.57. The molecule has 0 saturated heterocycles. The third-order valence-electron chi connectivity index (χ3n) is 2.67. The standard InChI is InChI=1S/C12H13ClF3NO3/c1-11(10(18)19,12(14,15)16)17-6-7-20-9-5-3-2-4-8(9)13/h2-5,17H,6-7H2,1H3,(H,18,19). The number of hydrogen-bond acceptors (Lipinski definition) is 3. The normalized spacial score (nSPS) is 14.7. The summed E-state index contributed by atoms with van der Waals surface area (Å²) in [6.07, 6.45) is -4.91. The van der Waals surface area contributed by atoms with Crippen LogP contribution in [0.15, 0.2) is 24.3 Å². The highest BCUT2D eigenvalue weighted by molar-refractivity contribution is 6.32. The Hall–Kier alpha value is -1.47. The Balaban J connectivity index is 2.55. The molecule has 0 aromatic heterocycles. The van der Waals surface area contributed by atoms with E-state index in [1.807, 2.05) is 5.32 Å². The number of carboxylic acids is 1. The third-order valence-corrected chi connectivity index (χ3v) is 2.98. The molecule has 0 aliphatic rings. The van der Waals surface area contributed by atoms with Crippen LogP contribution < -0.4 is 10.1 Å². The van der Waals surface area contributed by atoms with Gasteiger partial charge in [0.2, 0.25) is 5.54 Å². The average Bonchev–Trinajstić information content (AvgIpc) is 2.34. The topological polar surface area (TPSA) is 58.6 Å². The number of carbonyl (C=O) groups is 1. The van der Waals surface area contributed by atoms with E-state index in [9.17, 15) is 18.0 Å². The molecule has 1 atom stereocenters. The Morgan fingerprint density at radius 2 is 2.00 bits per heavy atom. The van der Waals surface area contributed by atoms with E-state index < -0.39 is 17.7 Å². The van der Waals surface area contributed by atoms with E-state index in [2.05, 4.69) is 0 Å². The molecule has 0 bridgehead atoms. The number of ether oxygens (including phenoxy) is 1. The van der Waals surface area contributed by atoms with Gasteiger partial charge in [-0.15, -0.1) is 0 Å². The first kappa shape index (κ1) is 16.6.